The van der Waals surface area contributed by atoms with Gasteiger partial charge in [0.05, 0.1) is 13.1 Å². The quantitative estimate of drug-likeness (QED) is 0.424. The van der Waals surface area contributed by atoms with Crippen LogP contribution < -0.4 is 10.6 Å². The number of aryl methyl sites for hydroxylation is 1. The zero-order valence-corrected chi connectivity index (χ0v) is 15.8. The molecular weight excluding hydrogens is 338 g/mol. The van der Waals surface area contributed by atoms with Gasteiger partial charge in [-0.2, -0.15) is 0 Å². The summed E-state index contributed by atoms with van der Waals surface area (Å²) in [5, 5.41) is 5.75. The molecule has 5 nitrogen and oxygen atoms in total. The summed E-state index contributed by atoms with van der Waals surface area (Å²) < 4.78 is 0. The number of carbonyl (C=O) groups excluding carboxylic acids is 2. The first-order valence-corrected chi connectivity index (χ1v) is 9.37. The highest BCUT2D eigenvalue weighted by Gasteiger charge is 2.27. The lowest BCUT2D eigenvalue weighted by molar-refractivity contribution is -0.679. The Balaban J connectivity index is 1.90. The van der Waals surface area contributed by atoms with Gasteiger partial charge in [-0.05, 0) is 12.0 Å². The third kappa shape index (κ3) is 4.26. The molecule has 0 unspecified atom stereocenters. The largest absolute Gasteiger partial charge is 0.360 e. The Kier molecular flexibility index (Phi) is 6.04. The van der Waals surface area contributed by atoms with Gasteiger partial charge >= 0.3 is 0 Å². The Hall–Kier alpha value is -2.92. The summed E-state index contributed by atoms with van der Waals surface area (Å²) in [6, 6.07) is 15.5. The van der Waals surface area contributed by atoms with E-state index in [1.807, 2.05) is 54.0 Å². The van der Waals surface area contributed by atoms with Crippen molar-refractivity contribution in [2.24, 2.45) is 0 Å². The summed E-state index contributed by atoms with van der Waals surface area (Å²) in [6.07, 6.45) is 2.74. The van der Waals surface area contributed by atoms with Crippen LogP contribution in [0.4, 0.5) is 0 Å². The number of benzene rings is 2. The Morgan fingerprint density at radius 2 is 1.89 bits per heavy atom. The van der Waals surface area contributed by atoms with Crippen molar-refractivity contribution in [1.82, 2.24) is 10.3 Å². The molecule has 140 valence electrons. The molecule has 1 heterocycles. The second-order valence-corrected chi connectivity index (χ2v) is 6.66. The van der Waals surface area contributed by atoms with Crippen LogP contribution >= 0.6 is 0 Å². The molecule has 0 aliphatic heterocycles. The van der Waals surface area contributed by atoms with Crippen molar-refractivity contribution in [2.75, 3.05) is 13.1 Å². The average molecular weight is 364 g/mol. The minimum absolute atomic E-state index is 0.0605. The number of hydrogen-bond acceptors (Lipinski definition) is 2. The number of nitrogens with one attached hydrogen (secondary N) is 2. The molecule has 27 heavy (non-hydrogen) atoms. The number of H-pyrrole nitrogens is 1. The van der Waals surface area contributed by atoms with Gasteiger partial charge in [-0.3, -0.25) is 9.59 Å². The summed E-state index contributed by atoms with van der Waals surface area (Å²) >= 11 is 0. The fraction of sp³-hybridized carbons (Fsp3) is 0.273. The number of nitrogens with two attached hydrogens (primary N) is 1. The maximum Gasteiger partial charge on any atom is 0.226 e. The zero-order valence-electron chi connectivity index (χ0n) is 15.8. The van der Waals surface area contributed by atoms with Gasteiger partial charge < -0.3 is 15.6 Å². The van der Waals surface area contributed by atoms with Gasteiger partial charge in [-0.15, -0.1) is 0 Å². The van der Waals surface area contributed by atoms with Gasteiger partial charge in [0.1, 0.15) is 0 Å². The van der Waals surface area contributed by atoms with E-state index in [-0.39, 0.29) is 17.7 Å². The Bertz CT molecular complexity index is 931. The zero-order chi connectivity index (χ0) is 19.2. The average Bonchev–Trinajstić information content (AvgIpc) is 3.12. The molecule has 0 saturated carbocycles. The molecule has 0 bridgehead atoms. The van der Waals surface area contributed by atoms with Crippen molar-refractivity contribution < 1.29 is 14.9 Å². The van der Waals surface area contributed by atoms with Crippen LogP contribution in [0.3, 0.4) is 0 Å². The topological polar surface area (TPSA) is 78.6 Å². The number of quaternary nitrogens is 1. The van der Waals surface area contributed by atoms with Gasteiger partial charge in [0.25, 0.3) is 0 Å². The molecule has 4 N–H and O–H groups in total. The normalized spacial score (nSPS) is 12.1. The highest BCUT2D eigenvalue weighted by atomic mass is 16.1. The van der Waals surface area contributed by atoms with Crippen molar-refractivity contribution in [3.8, 4) is 0 Å². The molecular formula is C22H26N3O2+. The monoisotopic (exact) mass is 364 g/mol. The van der Waals surface area contributed by atoms with Gasteiger partial charge in [0.15, 0.2) is 6.04 Å². The molecule has 0 fully saturated rings. The van der Waals surface area contributed by atoms with E-state index in [0.29, 0.717) is 18.7 Å². The summed E-state index contributed by atoms with van der Waals surface area (Å²) in [5.74, 6) is 0.0123. The Morgan fingerprint density at radius 3 is 2.59 bits per heavy atom. The van der Waals surface area contributed by atoms with E-state index in [0.717, 1.165) is 22.9 Å². The third-order valence-corrected chi connectivity index (χ3v) is 4.81. The van der Waals surface area contributed by atoms with Crippen LogP contribution in [0.15, 0.2) is 54.7 Å². The molecule has 3 aromatic rings. The highest BCUT2D eigenvalue weighted by Crippen LogP contribution is 2.25. The number of amides is 1. The van der Waals surface area contributed by atoms with Crippen LogP contribution in [0.5, 0.6) is 0 Å². The number of rotatable bonds is 8. The number of ketones is 1. The standard InChI is InChI=1S/C22H25N3O2/c1-3-16-10-7-11-18-19(14-25-20(16)18)22(27)21(17-8-5-4-6-9-17)24-13-12-23-15(2)26/h4-11,14,21,24-25H,3,12-13H2,1-2H3,(H,23,26)/p+1/t21-/m0/s1. The summed E-state index contributed by atoms with van der Waals surface area (Å²) in [4.78, 5) is 27.8. The third-order valence-electron chi connectivity index (χ3n) is 4.81. The lowest BCUT2D eigenvalue weighted by atomic mass is 9.96. The minimum atomic E-state index is -0.343. The van der Waals surface area contributed by atoms with Gasteiger partial charge in [0, 0.05) is 35.2 Å². The number of aromatic nitrogens is 1. The molecule has 3 rings (SSSR count). The maximum atomic E-state index is 13.4. The maximum absolute atomic E-state index is 13.4. The molecule has 0 radical (unpaired) electrons. The number of Topliss-reactive ketones (excluding diaryl/α,β-unsaturated/α-hetero) is 1. The SMILES string of the molecule is CCc1cccc2c(C(=O)[C@@H]([NH2+]CCNC(C)=O)c3ccccc3)c[nH]c12. The van der Waals surface area contributed by atoms with E-state index in [1.54, 1.807) is 0 Å². The van der Waals surface area contributed by atoms with Crippen LogP contribution in [0.1, 0.15) is 41.4 Å². The highest BCUT2D eigenvalue weighted by molar-refractivity contribution is 6.10. The first kappa shape index (κ1) is 18.9. The lowest BCUT2D eigenvalue weighted by Crippen LogP contribution is -2.88. The Labute approximate surface area is 159 Å². The summed E-state index contributed by atoms with van der Waals surface area (Å²) in [7, 11) is 0. The minimum Gasteiger partial charge on any atom is -0.360 e. The molecule has 2 aromatic carbocycles. The van der Waals surface area contributed by atoms with Crippen LogP contribution in [0.25, 0.3) is 10.9 Å². The summed E-state index contributed by atoms with van der Waals surface area (Å²) in [6.45, 7) is 4.77. The van der Waals surface area contributed by atoms with Crippen LogP contribution in [0.2, 0.25) is 0 Å². The van der Waals surface area contributed by atoms with Crippen molar-refractivity contribution >= 4 is 22.6 Å². The summed E-state index contributed by atoms with van der Waals surface area (Å²) in [5.41, 5.74) is 3.92. The number of para-hydroxylation sites is 1. The van der Waals surface area contributed by atoms with Crippen LogP contribution in [-0.2, 0) is 11.2 Å². The van der Waals surface area contributed by atoms with E-state index in [1.165, 1.54) is 12.5 Å². The van der Waals surface area contributed by atoms with Crippen molar-refractivity contribution in [3.63, 3.8) is 0 Å². The second kappa shape index (κ2) is 8.64. The predicted octanol–water partition coefficient (Wildman–Crippen LogP) is 2.35. The predicted molar refractivity (Wildman–Crippen MR) is 107 cm³/mol. The van der Waals surface area contributed by atoms with Crippen molar-refractivity contribution in [3.05, 3.63) is 71.4 Å². The molecule has 1 aromatic heterocycles. The van der Waals surface area contributed by atoms with Crippen molar-refractivity contribution in [1.29, 1.82) is 0 Å². The molecule has 0 spiro atoms. The molecule has 0 aliphatic rings. The number of aromatic amines is 1. The molecule has 5 heteroatoms. The lowest BCUT2D eigenvalue weighted by Gasteiger charge is -2.15. The van der Waals surface area contributed by atoms with E-state index in [9.17, 15) is 9.59 Å². The van der Waals surface area contributed by atoms with Crippen LogP contribution in [-0.4, -0.2) is 29.8 Å². The van der Waals surface area contributed by atoms with Gasteiger partial charge in [-0.25, -0.2) is 0 Å². The van der Waals surface area contributed by atoms with E-state index >= 15 is 0 Å². The molecule has 1 amide bonds. The van der Waals surface area contributed by atoms with Gasteiger partial charge in [-0.1, -0.05) is 55.5 Å². The molecule has 1 atom stereocenters. The van der Waals surface area contributed by atoms with Gasteiger partial charge in [0.2, 0.25) is 11.7 Å². The van der Waals surface area contributed by atoms with E-state index in [4.69, 9.17) is 0 Å². The Morgan fingerprint density at radius 1 is 1.11 bits per heavy atom. The van der Waals surface area contributed by atoms with Crippen LogP contribution in [0, 0.1) is 0 Å². The first-order chi connectivity index (χ1) is 13.1. The fourth-order valence-electron chi connectivity index (χ4n) is 3.44. The molecule has 0 aliphatic carbocycles. The smallest absolute Gasteiger partial charge is 0.226 e. The number of hydrogen-bond donors (Lipinski definition) is 3. The number of fused-ring (bicyclic) bond motifs is 1. The van der Waals surface area contributed by atoms with E-state index < -0.39 is 0 Å². The second-order valence-electron chi connectivity index (χ2n) is 6.66. The van der Waals surface area contributed by atoms with E-state index in [2.05, 4.69) is 23.3 Å². The molecule has 0 saturated heterocycles. The fourth-order valence-corrected chi connectivity index (χ4v) is 3.44. The first-order valence-electron chi connectivity index (χ1n) is 9.37. The van der Waals surface area contributed by atoms with Crippen molar-refractivity contribution in [2.45, 2.75) is 26.3 Å². The number of carbonyl (C=O) groups is 2.